The van der Waals surface area contributed by atoms with Gasteiger partial charge in [-0.05, 0) is 71.1 Å². The maximum absolute atomic E-state index is 13.7. The van der Waals surface area contributed by atoms with E-state index >= 15 is 0 Å². The van der Waals surface area contributed by atoms with Crippen molar-refractivity contribution in [1.29, 1.82) is 0 Å². The van der Waals surface area contributed by atoms with Crippen LogP contribution in [0.1, 0.15) is 34.3 Å². The Morgan fingerprint density at radius 2 is 2.00 bits per heavy atom. The van der Waals surface area contributed by atoms with Crippen molar-refractivity contribution in [2.75, 3.05) is 34.0 Å². The first-order chi connectivity index (χ1) is 16.7. The third-order valence-corrected chi connectivity index (χ3v) is 6.62. The largest absolute Gasteiger partial charge is 0.497 e. The summed E-state index contributed by atoms with van der Waals surface area (Å²) in [5.41, 5.74) is 2.76. The lowest BCUT2D eigenvalue weighted by Gasteiger charge is -2.26. The fourth-order valence-electron chi connectivity index (χ4n) is 4.08. The van der Waals surface area contributed by atoms with Gasteiger partial charge in [-0.1, -0.05) is 12.1 Å². The summed E-state index contributed by atoms with van der Waals surface area (Å²) in [5, 5.41) is 4.22. The van der Waals surface area contributed by atoms with Crippen molar-refractivity contribution in [3.05, 3.63) is 76.0 Å². The van der Waals surface area contributed by atoms with E-state index in [9.17, 15) is 4.79 Å². The number of carbonyl (C=O) groups excluding carboxylic acids is 1. The molecule has 1 saturated heterocycles. The van der Waals surface area contributed by atoms with E-state index in [0.717, 1.165) is 37.2 Å². The molecule has 1 aromatic heterocycles. The van der Waals surface area contributed by atoms with Crippen LogP contribution in [0, 0.1) is 0 Å². The molecular weight excluding hydrogens is 450 g/mol. The van der Waals surface area contributed by atoms with Gasteiger partial charge in [0.1, 0.15) is 17.2 Å². The van der Waals surface area contributed by atoms with E-state index in [1.807, 2.05) is 29.2 Å². The molecule has 4 rings (SSSR count). The van der Waals surface area contributed by atoms with Gasteiger partial charge in [0.15, 0.2) is 0 Å². The van der Waals surface area contributed by atoms with Crippen LogP contribution in [0.2, 0.25) is 0 Å². The van der Waals surface area contributed by atoms with E-state index < -0.39 is 0 Å². The Morgan fingerprint density at radius 1 is 1.09 bits per heavy atom. The second-order valence-electron chi connectivity index (χ2n) is 8.26. The van der Waals surface area contributed by atoms with E-state index in [1.54, 1.807) is 43.8 Å². The van der Waals surface area contributed by atoms with Crippen molar-refractivity contribution in [2.45, 2.75) is 31.9 Å². The summed E-state index contributed by atoms with van der Waals surface area (Å²) in [6.45, 7) is 2.31. The molecule has 1 atom stereocenters. The number of rotatable bonds is 11. The molecule has 0 bridgehead atoms. The average molecular weight is 482 g/mol. The molecular formula is C27H31NO5S. The normalized spacial score (nSPS) is 15.2. The number of methoxy groups -OCH3 is 2. The van der Waals surface area contributed by atoms with Gasteiger partial charge in [0.05, 0.1) is 32.5 Å². The zero-order valence-electron chi connectivity index (χ0n) is 19.7. The van der Waals surface area contributed by atoms with Crippen LogP contribution in [0.15, 0.2) is 59.3 Å². The van der Waals surface area contributed by atoms with E-state index in [-0.39, 0.29) is 12.0 Å². The lowest BCUT2D eigenvalue weighted by Crippen LogP contribution is -2.37. The van der Waals surface area contributed by atoms with Crippen LogP contribution in [0.5, 0.6) is 17.2 Å². The summed E-state index contributed by atoms with van der Waals surface area (Å²) in [4.78, 5) is 15.5. The highest BCUT2D eigenvalue weighted by atomic mass is 32.1. The number of hydrogen-bond acceptors (Lipinski definition) is 6. The molecule has 3 aromatic rings. The molecule has 34 heavy (non-hydrogen) atoms. The maximum Gasteiger partial charge on any atom is 0.258 e. The Kier molecular flexibility index (Phi) is 8.44. The molecule has 2 aromatic carbocycles. The smallest absolute Gasteiger partial charge is 0.258 e. The highest BCUT2D eigenvalue weighted by molar-refractivity contribution is 7.07. The van der Waals surface area contributed by atoms with Crippen LogP contribution in [-0.4, -0.2) is 50.9 Å². The molecule has 1 amide bonds. The molecule has 0 N–H and O–H groups in total. The predicted molar refractivity (Wildman–Crippen MR) is 133 cm³/mol. The van der Waals surface area contributed by atoms with Crippen molar-refractivity contribution < 1.29 is 23.7 Å². The molecule has 0 aliphatic carbocycles. The summed E-state index contributed by atoms with van der Waals surface area (Å²) in [6, 6.07) is 15.3. The molecule has 0 radical (unpaired) electrons. The van der Waals surface area contributed by atoms with Crippen molar-refractivity contribution in [3.8, 4) is 17.2 Å². The van der Waals surface area contributed by atoms with Gasteiger partial charge < -0.3 is 23.8 Å². The van der Waals surface area contributed by atoms with Crippen LogP contribution in [0.25, 0.3) is 0 Å². The molecule has 6 nitrogen and oxygen atoms in total. The first-order valence-corrected chi connectivity index (χ1v) is 12.5. The van der Waals surface area contributed by atoms with E-state index in [0.29, 0.717) is 36.8 Å². The standard InChI is InChI=1S/C27H31NO5S/c1-30-22-8-9-26(31-2)25(16-22)27(29)28(18-24-7-4-12-32-24)17-21-5-3-6-23(15-21)33-13-10-20-11-14-34-19-20/h3,5-6,8-9,11,14-16,19,24H,4,7,10,12-13,17-18H2,1-2H3. The monoisotopic (exact) mass is 481 g/mol. The Hall–Kier alpha value is -3.03. The predicted octanol–water partition coefficient (Wildman–Crippen LogP) is 5.21. The molecule has 1 aliphatic rings. The highest BCUT2D eigenvalue weighted by Gasteiger charge is 2.26. The quantitative estimate of drug-likeness (QED) is 0.376. The number of ether oxygens (including phenoxy) is 4. The van der Waals surface area contributed by atoms with Gasteiger partial charge in [-0.15, -0.1) is 0 Å². The SMILES string of the molecule is COc1ccc(OC)c(C(=O)N(Cc2cccc(OCCc3ccsc3)c2)CC2CCCO2)c1. The van der Waals surface area contributed by atoms with Crippen LogP contribution in [0.4, 0.5) is 0 Å². The molecule has 1 fully saturated rings. The number of nitrogens with zero attached hydrogens (tertiary/aromatic N) is 1. The lowest BCUT2D eigenvalue weighted by atomic mass is 10.1. The molecule has 0 saturated carbocycles. The van der Waals surface area contributed by atoms with Gasteiger partial charge >= 0.3 is 0 Å². The van der Waals surface area contributed by atoms with E-state index in [1.165, 1.54) is 5.56 Å². The summed E-state index contributed by atoms with van der Waals surface area (Å²) in [7, 11) is 3.16. The Balaban J connectivity index is 1.50. The van der Waals surface area contributed by atoms with Crippen LogP contribution in [0.3, 0.4) is 0 Å². The van der Waals surface area contributed by atoms with Gasteiger partial charge in [-0.25, -0.2) is 0 Å². The van der Waals surface area contributed by atoms with Gasteiger partial charge in [0, 0.05) is 26.1 Å². The minimum atomic E-state index is -0.116. The minimum absolute atomic E-state index is 0.0330. The summed E-state index contributed by atoms with van der Waals surface area (Å²) in [6.07, 6.45) is 2.87. The summed E-state index contributed by atoms with van der Waals surface area (Å²) in [5.74, 6) is 1.82. The number of hydrogen-bond donors (Lipinski definition) is 0. The Morgan fingerprint density at radius 3 is 2.74 bits per heavy atom. The zero-order valence-corrected chi connectivity index (χ0v) is 20.5. The van der Waals surface area contributed by atoms with Crippen molar-refractivity contribution in [3.63, 3.8) is 0 Å². The average Bonchev–Trinajstić information content (AvgIpc) is 3.58. The number of benzene rings is 2. The lowest BCUT2D eigenvalue weighted by molar-refractivity contribution is 0.0504. The maximum atomic E-state index is 13.7. The van der Waals surface area contributed by atoms with Gasteiger partial charge in [0.25, 0.3) is 5.91 Å². The van der Waals surface area contributed by atoms with Gasteiger partial charge in [-0.3, -0.25) is 4.79 Å². The Bertz CT molecular complexity index is 1060. The minimum Gasteiger partial charge on any atom is -0.497 e. The van der Waals surface area contributed by atoms with Crippen LogP contribution >= 0.6 is 11.3 Å². The first kappa shape index (κ1) is 24.1. The highest BCUT2D eigenvalue weighted by Crippen LogP contribution is 2.27. The fraction of sp³-hybridized carbons (Fsp3) is 0.370. The molecule has 7 heteroatoms. The van der Waals surface area contributed by atoms with Crippen LogP contribution < -0.4 is 14.2 Å². The first-order valence-electron chi connectivity index (χ1n) is 11.5. The number of thiophene rings is 1. The van der Waals surface area contributed by atoms with E-state index in [4.69, 9.17) is 18.9 Å². The molecule has 1 aliphatic heterocycles. The zero-order chi connectivity index (χ0) is 23.8. The third-order valence-electron chi connectivity index (χ3n) is 5.88. The number of amides is 1. The number of carbonyl (C=O) groups is 1. The molecule has 180 valence electrons. The second-order valence-corrected chi connectivity index (χ2v) is 9.04. The van der Waals surface area contributed by atoms with E-state index in [2.05, 4.69) is 16.8 Å². The van der Waals surface area contributed by atoms with Crippen molar-refractivity contribution in [1.82, 2.24) is 4.90 Å². The Labute approximate surface area is 205 Å². The molecule has 0 spiro atoms. The van der Waals surface area contributed by atoms with Crippen molar-refractivity contribution in [2.24, 2.45) is 0 Å². The fourth-order valence-corrected chi connectivity index (χ4v) is 4.78. The summed E-state index contributed by atoms with van der Waals surface area (Å²) < 4.78 is 22.7. The molecule has 2 heterocycles. The van der Waals surface area contributed by atoms with Gasteiger partial charge in [-0.2, -0.15) is 11.3 Å². The van der Waals surface area contributed by atoms with Crippen molar-refractivity contribution >= 4 is 17.2 Å². The molecule has 1 unspecified atom stereocenters. The van der Waals surface area contributed by atoms with Gasteiger partial charge in [0.2, 0.25) is 0 Å². The second kappa shape index (κ2) is 11.9. The van der Waals surface area contributed by atoms with Crippen LogP contribution in [-0.2, 0) is 17.7 Å². The third kappa shape index (κ3) is 6.30. The summed E-state index contributed by atoms with van der Waals surface area (Å²) >= 11 is 1.69. The topological polar surface area (TPSA) is 57.2 Å².